The first kappa shape index (κ1) is 17.5. The number of aromatic amines is 1. The quantitative estimate of drug-likeness (QED) is 0.808. The second-order valence-electron chi connectivity index (χ2n) is 6.08. The Bertz CT molecular complexity index is 870. The van der Waals surface area contributed by atoms with Crippen molar-refractivity contribution in [2.75, 3.05) is 24.7 Å². The van der Waals surface area contributed by atoms with Crippen molar-refractivity contribution in [3.63, 3.8) is 0 Å². The molecule has 2 heterocycles. The molecule has 1 aromatic heterocycles. The first-order valence-corrected chi connectivity index (χ1v) is 9.96. The van der Waals surface area contributed by atoms with Crippen molar-refractivity contribution in [2.24, 2.45) is 0 Å². The summed E-state index contributed by atoms with van der Waals surface area (Å²) in [4.78, 5) is 28.9. The lowest BCUT2D eigenvalue weighted by Crippen LogP contribution is -2.43. The van der Waals surface area contributed by atoms with Gasteiger partial charge < -0.3 is 14.6 Å². The maximum atomic E-state index is 12.3. The van der Waals surface area contributed by atoms with Gasteiger partial charge >= 0.3 is 5.97 Å². The Morgan fingerprint density at radius 2 is 2.08 bits per heavy atom. The number of amides is 1. The van der Waals surface area contributed by atoms with Crippen LogP contribution < -0.4 is 0 Å². The van der Waals surface area contributed by atoms with Gasteiger partial charge in [0, 0.05) is 23.5 Å². The second-order valence-corrected chi connectivity index (χ2v) is 8.31. The van der Waals surface area contributed by atoms with Crippen molar-refractivity contribution in [3.05, 3.63) is 36.0 Å². The Labute approximate surface area is 145 Å². The minimum Gasteiger partial charge on any atom is -0.451 e. The van der Waals surface area contributed by atoms with Crippen molar-refractivity contribution in [1.29, 1.82) is 0 Å². The maximum absolute atomic E-state index is 12.3. The number of likely N-dealkylation sites (N-methyl/N-ethyl adjacent to an activating group) is 1. The number of ether oxygens (including phenoxy) is 1. The summed E-state index contributed by atoms with van der Waals surface area (Å²) in [6.07, 6.45) is 0.428. The molecular formula is C17H20N2O5S. The number of rotatable bonds is 5. The van der Waals surface area contributed by atoms with Crippen LogP contribution in [0.25, 0.3) is 10.9 Å². The normalized spacial score (nSPS) is 19.0. The number of sulfone groups is 1. The molecule has 0 bridgehead atoms. The highest BCUT2D eigenvalue weighted by Crippen LogP contribution is 2.18. The number of carbonyl (C=O) groups excluding carboxylic acids is 2. The molecule has 0 radical (unpaired) electrons. The van der Waals surface area contributed by atoms with Crippen LogP contribution >= 0.6 is 0 Å². The molecule has 1 aliphatic rings. The van der Waals surface area contributed by atoms with E-state index in [-0.39, 0.29) is 29.1 Å². The molecule has 25 heavy (non-hydrogen) atoms. The summed E-state index contributed by atoms with van der Waals surface area (Å²) in [5.74, 6) is -0.924. The summed E-state index contributed by atoms with van der Waals surface area (Å²) in [5, 5.41) is 0.882. The minimum absolute atomic E-state index is 0.0253. The molecule has 1 aromatic carbocycles. The number of hydrogen-bond acceptors (Lipinski definition) is 5. The number of aromatic nitrogens is 1. The SMILES string of the molecule is CCN(C(=O)COC(=O)c1cc2ccccc2[nH]1)[C@H]1CCS(=O)(=O)C1. The zero-order chi connectivity index (χ0) is 18.0. The highest BCUT2D eigenvalue weighted by Gasteiger charge is 2.34. The zero-order valence-electron chi connectivity index (χ0n) is 13.9. The van der Waals surface area contributed by atoms with Crippen molar-refractivity contribution >= 4 is 32.6 Å². The van der Waals surface area contributed by atoms with Crippen molar-refractivity contribution in [1.82, 2.24) is 9.88 Å². The number of esters is 1. The fourth-order valence-electron chi connectivity index (χ4n) is 3.13. The molecule has 7 nitrogen and oxygen atoms in total. The predicted octanol–water partition coefficient (Wildman–Crippen LogP) is 1.36. The van der Waals surface area contributed by atoms with Gasteiger partial charge in [-0.25, -0.2) is 13.2 Å². The monoisotopic (exact) mass is 364 g/mol. The highest BCUT2D eigenvalue weighted by molar-refractivity contribution is 7.91. The lowest BCUT2D eigenvalue weighted by Gasteiger charge is -2.26. The van der Waals surface area contributed by atoms with Gasteiger partial charge in [-0.05, 0) is 25.5 Å². The molecule has 0 saturated carbocycles. The van der Waals surface area contributed by atoms with E-state index < -0.39 is 22.4 Å². The summed E-state index contributed by atoms with van der Waals surface area (Å²) < 4.78 is 28.3. The second kappa shape index (κ2) is 6.87. The third-order valence-electron chi connectivity index (χ3n) is 4.39. The molecule has 0 unspecified atom stereocenters. The minimum atomic E-state index is -3.08. The van der Waals surface area contributed by atoms with Crippen LogP contribution in [0.15, 0.2) is 30.3 Å². The first-order valence-electron chi connectivity index (χ1n) is 8.14. The number of benzene rings is 1. The lowest BCUT2D eigenvalue weighted by atomic mass is 10.2. The van der Waals surface area contributed by atoms with Crippen molar-refractivity contribution in [3.8, 4) is 0 Å². The third-order valence-corrected chi connectivity index (χ3v) is 6.14. The van der Waals surface area contributed by atoms with Gasteiger partial charge in [0.25, 0.3) is 5.91 Å². The third kappa shape index (κ3) is 3.84. The Balaban J connectivity index is 1.61. The van der Waals surface area contributed by atoms with Gasteiger partial charge in [-0.15, -0.1) is 0 Å². The standard InChI is InChI=1S/C17H20N2O5S/c1-2-19(13-7-8-25(22,23)11-13)16(20)10-24-17(21)15-9-12-5-3-4-6-14(12)18-15/h3-6,9,13,18H,2,7-8,10-11H2,1H3/t13-/m0/s1. The summed E-state index contributed by atoms with van der Waals surface area (Å²) in [7, 11) is -3.08. The molecule has 8 heteroatoms. The van der Waals surface area contributed by atoms with E-state index >= 15 is 0 Å². The number of hydrogen-bond donors (Lipinski definition) is 1. The summed E-state index contributed by atoms with van der Waals surface area (Å²) >= 11 is 0. The van der Waals surface area contributed by atoms with E-state index in [1.165, 1.54) is 4.90 Å². The van der Waals surface area contributed by atoms with E-state index in [0.29, 0.717) is 13.0 Å². The van der Waals surface area contributed by atoms with Crippen molar-refractivity contribution in [2.45, 2.75) is 19.4 Å². The number of carbonyl (C=O) groups is 2. The molecule has 1 aliphatic heterocycles. The Morgan fingerprint density at radius 1 is 1.32 bits per heavy atom. The first-order chi connectivity index (χ1) is 11.9. The van der Waals surface area contributed by atoms with Crippen LogP contribution in [0, 0.1) is 0 Å². The summed E-state index contributed by atoms with van der Waals surface area (Å²) in [5.41, 5.74) is 1.09. The van der Waals surface area contributed by atoms with Crippen LogP contribution in [0.4, 0.5) is 0 Å². The van der Waals surface area contributed by atoms with Crippen LogP contribution in [0.2, 0.25) is 0 Å². The van der Waals surface area contributed by atoms with E-state index in [2.05, 4.69) is 4.98 Å². The summed E-state index contributed by atoms with van der Waals surface area (Å²) in [6, 6.07) is 8.76. The Morgan fingerprint density at radius 3 is 2.72 bits per heavy atom. The molecule has 1 N–H and O–H groups in total. The predicted molar refractivity (Wildman–Crippen MR) is 93.0 cm³/mol. The maximum Gasteiger partial charge on any atom is 0.355 e. The Kier molecular flexibility index (Phi) is 4.80. The van der Waals surface area contributed by atoms with Gasteiger partial charge in [-0.3, -0.25) is 4.79 Å². The number of nitrogens with one attached hydrogen (secondary N) is 1. The average molecular weight is 364 g/mol. The van der Waals surface area contributed by atoms with Crippen LogP contribution in [-0.2, 0) is 19.4 Å². The molecule has 1 saturated heterocycles. The van der Waals surface area contributed by atoms with Gasteiger partial charge in [0.05, 0.1) is 11.5 Å². The van der Waals surface area contributed by atoms with E-state index in [9.17, 15) is 18.0 Å². The number of nitrogens with zero attached hydrogens (tertiary/aromatic N) is 1. The van der Waals surface area contributed by atoms with E-state index in [4.69, 9.17) is 4.74 Å². The molecule has 1 atom stereocenters. The molecule has 1 fully saturated rings. The van der Waals surface area contributed by atoms with Gasteiger partial charge in [0.15, 0.2) is 16.4 Å². The molecule has 2 aromatic rings. The fraction of sp³-hybridized carbons (Fsp3) is 0.412. The summed E-state index contributed by atoms with van der Waals surface area (Å²) in [6.45, 7) is 1.75. The average Bonchev–Trinajstić information content (AvgIpc) is 3.16. The van der Waals surface area contributed by atoms with Gasteiger partial charge in [-0.1, -0.05) is 18.2 Å². The number of fused-ring (bicyclic) bond motifs is 1. The van der Waals surface area contributed by atoms with Crippen LogP contribution in [0.1, 0.15) is 23.8 Å². The largest absolute Gasteiger partial charge is 0.451 e. The highest BCUT2D eigenvalue weighted by atomic mass is 32.2. The lowest BCUT2D eigenvalue weighted by molar-refractivity contribution is -0.136. The van der Waals surface area contributed by atoms with E-state index in [1.54, 1.807) is 13.0 Å². The smallest absolute Gasteiger partial charge is 0.355 e. The molecule has 0 spiro atoms. The molecule has 0 aliphatic carbocycles. The van der Waals surface area contributed by atoms with Gasteiger partial charge in [0.2, 0.25) is 0 Å². The molecule has 1 amide bonds. The van der Waals surface area contributed by atoms with Crippen LogP contribution in [-0.4, -0.2) is 60.9 Å². The Hall–Kier alpha value is -2.35. The topological polar surface area (TPSA) is 96.5 Å². The fourth-order valence-corrected chi connectivity index (χ4v) is 4.86. The van der Waals surface area contributed by atoms with E-state index in [0.717, 1.165) is 10.9 Å². The zero-order valence-corrected chi connectivity index (χ0v) is 14.7. The van der Waals surface area contributed by atoms with Crippen molar-refractivity contribution < 1.29 is 22.7 Å². The number of para-hydroxylation sites is 1. The van der Waals surface area contributed by atoms with Gasteiger partial charge in [-0.2, -0.15) is 0 Å². The molecule has 3 rings (SSSR count). The molecular weight excluding hydrogens is 344 g/mol. The number of H-pyrrole nitrogens is 1. The van der Waals surface area contributed by atoms with E-state index in [1.807, 2.05) is 24.3 Å². The van der Waals surface area contributed by atoms with Crippen LogP contribution in [0.3, 0.4) is 0 Å². The van der Waals surface area contributed by atoms with Gasteiger partial charge in [0.1, 0.15) is 5.69 Å². The van der Waals surface area contributed by atoms with Crippen LogP contribution in [0.5, 0.6) is 0 Å². The molecule has 134 valence electrons.